The Morgan fingerprint density at radius 2 is 2.00 bits per heavy atom. The standard InChI is InChI=1S/C31H32FN5O2S/c1-36-19-26-16-24(21-6-11-33-12-7-21)8-13-37(26)28(20-36)25-3-2-22(27(32)17-25)4-5-30(38)35-31-34-18-29(40-31)23-9-14-39-15-10-23/h2-3,6-8,11-13,16-18,20,23,26H,4-5,9-10,14-15,19H2,1H3,(H,34,35,38). The van der Waals surface area contributed by atoms with Gasteiger partial charge in [-0.05, 0) is 66.2 Å². The van der Waals surface area contributed by atoms with Gasteiger partial charge in [0.15, 0.2) is 5.13 Å². The van der Waals surface area contributed by atoms with Gasteiger partial charge < -0.3 is 19.9 Å². The Kier molecular flexibility index (Phi) is 7.75. The van der Waals surface area contributed by atoms with Crippen LogP contribution in [0.25, 0.3) is 11.3 Å². The summed E-state index contributed by atoms with van der Waals surface area (Å²) in [5, 5.41) is 3.48. The number of rotatable bonds is 7. The highest BCUT2D eigenvalue weighted by Crippen LogP contribution is 2.34. The van der Waals surface area contributed by atoms with E-state index in [1.165, 1.54) is 16.2 Å². The van der Waals surface area contributed by atoms with E-state index < -0.39 is 0 Å². The number of likely N-dealkylation sites (N-methyl/N-ethyl adjacent to an activating group) is 1. The van der Waals surface area contributed by atoms with Gasteiger partial charge in [0.05, 0.1) is 11.7 Å². The summed E-state index contributed by atoms with van der Waals surface area (Å²) < 4.78 is 20.7. The fraction of sp³-hybridized carbons (Fsp3) is 0.323. The van der Waals surface area contributed by atoms with Gasteiger partial charge in [-0.25, -0.2) is 9.37 Å². The summed E-state index contributed by atoms with van der Waals surface area (Å²) in [5.41, 5.74) is 4.54. The number of nitrogens with zero attached hydrogens (tertiary/aromatic N) is 4. The van der Waals surface area contributed by atoms with E-state index >= 15 is 4.39 Å². The number of nitrogens with one attached hydrogen (secondary N) is 1. The van der Waals surface area contributed by atoms with Gasteiger partial charge in [-0.1, -0.05) is 18.2 Å². The Labute approximate surface area is 237 Å². The first-order chi connectivity index (χ1) is 19.5. The first kappa shape index (κ1) is 26.4. The summed E-state index contributed by atoms with van der Waals surface area (Å²) in [6.45, 7) is 2.36. The summed E-state index contributed by atoms with van der Waals surface area (Å²) in [7, 11) is 2.04. The topological polar surface area (TPSA) is 70.6 Å². The molecule has 0 radical (unpaired) electrons. The molecule has 3 aromatic rings. The fourth-order valence-electron chi connectivity index (χ4n) is 5.45. The van der Waals surface area contributed by atoms with Crippen molar-refractivity contribution in [2.45, 2.75) is 37.6 Å². The molecular weight excluding hydrogens is 525 g/mol. The molecule has 0 saturated carbocycles. The predicted molar refractivity (Wildman–Crippen MR) is 156 cm³/mol. The lowest BCUT2D eigenvalue weighted by Crippen LogP contribution is -2.42. The normalized spacial score (nSPS) is 19.2. The zero-order valence-electron chi connectivity index (χ0n) is 22.4. The van der Waals surface area contributed by atoms with Crippen molar-refractivity contribution in [1.29, 1.82) is 0 Å². The van der Waals surface area contributed by atoms with Crippen LogP contribution in [0.5, 0.6) is 0 Å². The lowest BCUT2D eigenvalue weighted by molar-refractivity contribution is -0.116. The maximum Gasteiger partial charge on any atom is 0.226 e. The first-order valence-electron chi connectivity index (χ1n) is 13.7. The molecule has 3 aliphatic heterocycles. The molecule has 2 aromatic heterocycles. The van der Waals surface area contributed by atoms with Crippen LogP contribution in [0.2, 0.25) is 0 Å². The minimum atomic E-state index is -0.305. The molecule has 1 aromatic carbocycles. The van der Waals surface area contributed by atoms with Crippen LogP contribution < -0.4 is 5.32 Å². The number of halogens is 1. The van der Waals surface area contributed by atoms with Gasteiger partial charge in [-0.3, -0.25) is 9.78 Å². The van der Waals surface area contributed by atoms with E-state index in [0.717, 1.165) is 55.0 Å². The summed E-state index contributed by atoms with van der Waals surface area (Å²) >= 11 is 1.52. The maximum atomic E-state index is 15.2. The van der Waals surface area contributed by atoms with Gasteiger partial charge >= 0.3 is 0 Å². The number of hydrogen-bond donors (Lipinski definition) is 1. The van der Waals surface area contributed by atoms with E-state index in [1.54, 1.807) is 24.5 Å². The molecule has 1 saturated heterocycles. The largest absolute Gasteiger partial charge is 0.381 e. The van der Waals surface area contributed by atoms with Crippen LogP contribution in [0.4, 0.5) is 9.52 Å². The molecule has 0 spiro atoms. The van der Waals surface area contributed by atoms with Crippen molar-refractivity contribution in [1.82, 2.24) is 19.8 Å². The number of fused-ring (bicyclic) bond motifs is 1. The van der Waals surface area contributed by atoms with Crippen LogP contribution in [0.1, 0.15) is 46.7 Å². The molecule has 206 valence electrons. The molecule has 9 heteroatoms. The van der Waals surface area contributed by atoms with Crippen molar-refractivity contribution < 1.29 is 13.9 Å². The third-order valence-corrected chi connectivity index (χ3v) is 8.69. The SMILES string of the molecule is CN1C=C(c2ccc(CCC(=O)Nc3ncc(C4CCOCC4)s3)c(F)c2)N2C=CC(c3ccncc3)=CC2C1. The van der Waals surface area contributed by atoms with Gasteiger partial charge in [0, 0.05) is 74.7 Å². The molecule has 1 N–H and O–H groups in total. The number of aromatic nitrogens is 2. The van der Waals surface area contributed by atoms with Crippen LogP contribution in [-0.2, 0) is 16.0 Å². The van der Waals surface area contributed by atoms with E-state index in [2.05, 4.69) is 49.6 Å². The highest BCUT2D eigenvalue weighted by Gasteiger charge is 2.27. The van der Waals surface area contributed by atoms with Crippen molar-refractivity contribution in [3.05, 3.63) is 101 Å². The van der Waals surface area contributed by atoms with E-state index in [9.17, 15) is 4.79 Å². The third-order valence-electron chi connectivity index (χ3n) is 7.62. The lowest BCUT2D eigenvalue weighted by atomic mass is 9.97. The van der Waals surface area contributed by atoms with Crippen molar-refractivity contribution in [2.24, 2.45) is 0 Å². The Morgan fingerprint density at radius 3 is 2.80 bits per heavy atom. The van der Waals surface area contributed by atoms with Crippen LogP contribution in [-0.4, -0.2) is 58.5 Å². The van der Waals surface area contributed by atoms with Crippen LogP contribution in [0, 0.1) is 5.82 Å². The average Bonchev–Trinajstić information content (AvgIpc) is 3.45. The molecule has 3 aliphatic rings. The van der Waals surface area contributed by atoms with Crippen LogP contribution in [0.15, 0.2) is 73.5 Å². The van der Waals surface area contributed by atoms with Crippen LogP contribution in [0.3, 0.4) is 0 Å². The highest BCUT2D eigenvalue weighted by molar-refractivity contribution is 7.15. The first-order valence-corrected chi connectivity index (χ1v) is 14.5. The predicted octanol–water partition coefficient (Wildman–Crippen LogP) is 5.67. The van der Waals surface area contributed by atoms with E-state index in [1.807, 2.05) is 31.4 Å². The zero-order chi connectivity index (χ0) is 27.5. The Bertz CT molecular complexity index is 1460. The number of pyridine rings is 1. The lowest BCUT2D eigenvalue weighted by Gasteiger charge is -2.40. The van der Waals surface area contributed by atoms with Gasteiger partial charge in [-0.15, -0.1) is 11.3 Å². The number of aryl methyl sites for hydroxylation is 1. The number of thiazole rings is 1. The molecule has 5 heterocycles. The van der Waals surface area contributed by atoms with Gasteiger partial charge in [0.25, 0.3) is 0 Å². The molecule has 6 rings (SSSR count). The van der Waals surface area contributed by atoms with Crippen molar-refractivity contribution in [3.8, 4) is 0 Å². The number of allylic oxidation sites excluding steroid dienone is 2. The van der Waals surface area contributed by atoms with E-state index in [0.29, 0.717) is 23.0 Å². The molecule has 7 nitrogen and oxygen atoms in total. The number of ether oxygens (including phenoxy) is 1. The van der Waals surface area contributed by atoms with E-state index in [4.69, 9.17) is 4.74 Å². The molecule has 0 bridgehead atoms. The minimum absolute atomic E-state index is 0.127. The molecule has 40 heavy (non-hydrogen) atoms. The number of benzene rings is 1. The van der Waals surface area contributed by atoms with E-state index in [-0.39, 0.29) is 24.2 Å². The number of hydrogen-bond acceptors (Lipinski definition) is 7. The molecule has 1 fully saturated rings. The van der Waals surface area contributed by atoms with Gasteiger partial charge in [0.1, 0.15) is 5.82 Å². The number of carbonyl (C=O) groups excluding carboxylic acids is 1. The Morgan fingerprint density at radius 1 is 1.18 bits per heavy atom. The molecule has 1 atom stereocenters. The number of amides is 1. The van der Waals surface area contributed by atoms with Crippen LogP contribution >= 0.6 is 11.3 Å². The second kappa shape index (κ2) is 11.7. The summed E-state index contributed by atoms with van der Waals surface area (Å²) in [6.07, 6.45) is 16.4. The third kappa shape index (κ3) is 5.85. The summed E-state index contributed by atoms with van der Waals surface area (Å²) in [4.78, 5) is 26.6. The molecule has 1 unspecified atom stereocenters. The second-order valence-corrected chi connectivity index (χ2v) is 11.5. The monoisotopic (exact) mass is 557 g/mol. The summed E-state index contributed by atoms with van der Waals surface area (Å²) in [5.74, 6) is -0.0224. The van der Waals surface area contributed by atoms with Crippen molar-refractivity contribution in [3.63, 3.8) is 0 Å². The Hall–Kier alpha value is -3.82. The maximum absolute atomic E-state index is 15.2. The van der Waals surface area contributed by atoms with Gasteiger partial charge in [-0.2, -0.15) is 0 Å². The van der Waals surface area contributed by atoms with Crippen molar-refractivity contribution >= 4 is 33.6 Å². The molecule has 0 aliphatic carbocycles. The van der Waals surface area contributed by atoms with Crippen molar-refractivity contribution in [2.75, 3.05) is 32.1 Å². The quantitative estimate of drug-likeness (QED) is 0.404. The zero-order valence-corrected chi connectivity index (χ0v) is 23.2. The average molecular weight is 558 g/mol. The number of anilines is 1. The minimum Gasteiger partial charge on any atom is -0.381 e. The van der Waals surface area contributed by atoms with Gasteiger partial charge in [0.2, 0.25) is 5.91 Å². The molecule has 1 amide bonds. The smallest absolute Gasteiger partial charge is 0.226 e. The highest BCUT2D eigenvalue weighted by atomic mass is 32.1. The fourth-order valence-corrected chi connectivity index (χ4v) is 6.45. The second-order valence-electron chi connectivity index (χ2n) is 10.4. The number of carbonyl (C=O) groups is 1. The molecular formula is C31H32FN5O2S. The summed E-state index contributed by atoms with van der Waals surface area (Å²) in [6, 6.07) is 9.45. The Balaban J connectivity index is 1.09.